The molecule has 0 fully saturated rings. The molecule has 220 valence electrons. The second-order valence-electron chi connectivity index (χ2n) is 10.0. The number of alkyl halides is 2. The minimum Gasteiger partial charge on any atom is -0.382 e. The summed E-state index contributed by atoms with van der Waals surface area (Å²) in [6, 6.07) is 11.8. The van der Waals surface area contributed by atoms with Gasteiger partial charge in [-0.15, -0.1) is 0 Å². The van der Waals surface area contributed by atoms with Crippen molar-refractivity contribution in [2.45, 2.75) is 25.1 Å². The third-order valence-corrected chi connectivity index (χ3v) is 7.95. The Morgan fingerprint density at radius 3 is 2.52 bits per heavy atom. The fourth-order valence-corrected chi connectivity index (χ4v) is 5.67. The first-order chi connectivity index (χ1) is 20.0. The highest BCUT2D eigenvalue weighted by Crippen LogP contribution is 2.39. The summed E-state index contributed by atoms with van der Waals surface area (Å²) >= 11 is 8.04. The molecule has 0 saturated carbocycles. The standard InChI is InChI=1S/C28H29ClF2N8O2S/c1-28(20-8-5-17(6-9-20)19-12-34-38(13-19)26(30)31)25(40)39(27(32)35-28)24(15-41-4)18-7-10-22(29)21(11-18)23-14-37(16-33-23)42-36(2)3/h5-14,16,24,26H,15H2,1-4H3,(H2,32,35)/t24?,28-/m1/s1. The summed E-state index contributed by atoms with van der Waals surface area (Å²) in [5, 5.41) is 4.19. The molecule has 10 nitrogen and oxygen atoms in total. The number of carbonyl (C=O) groups is 1. The van der Waals surface area contributed by atoms with Gasteiger partial charge in [-0.25, -0.2) is 19.0 Å². The fraction of sp³-hybridized carbons (Fsp3) is 0.286. The second kappa shape index (κ2) is 11.8. The number of imidazole rings is 1. The number of carbonyl (C=O) groups excluding carboxylic acids is 1. The quantitative estimate of drug-likeness (QED) is 0.245. The number of halogens is 3. The summed E-state index contributed by atoms with van der Waals surface area (Å²) in [7, 11) is 5.41. The molecule has 0 aliphatic carbocycles. The van der Waals surface area contributed by atoms with Crippen molar-refractivity contribution >= 4 is 35.6 Å². The van der Waals surface area contributed by atoms with E-state index < -0.39 is 18.1 Å². The van der Waals surface area contributed by atoms with Gasteiger partial charge in [0, 0.05) is 42.8 Å². The number of nitrogens with two attached hydrogens (primary N) is 1. The number of methoxy groups -OCH3 is 1. The molecule has 2 N–H and O–H groups in total. The van der Waals surface area contributed by atoms with E-state index in [0.717, 1.165) is 5.56 Å². The van der Waals surface area contributed by atoms with Crippen LogP contribution in [0, 0.1) is 0 Å². The van der Waals surface area contributed by atoms with Crippen LogP contribution in [0.5, 0.6) is 0 Å². The van der Waals surface area contributed by atoms with E-state index in [1.807, 2.05) is 40.7 Å². The molecule has 14 heteroatoms. The highest BCUT2D eigenvalue weighted by Gasteiger charge is 2.48. The Kier molecular flexibility index (Phi) is 8.37. The van der Waals surface area contributed by atoms with E-state index in [2.05, 4.69) is 15.1 Å². The van der Waals surface area contributed by atoms with E-state index in [0.29, 0.717) is 37.7 Å². The van der Waals surface area contributed by atoms with Crippen LogP contribution in [0.1, 0.15) is 30.6 Å². The lowest BCUT2D eigenvalue weighted by molar-refractivity contribution is -0.133. The maximum Gasteiger partial charge on any atom is 0.333 e. The Morgan fingerprint density at radius 1 is 1.14 bits per heavy atom. The average molecular weight is 615 g/mol. The van der Waals surface area contributed by atoms with Crippen molar-refractivity contribution in [3.8, 4) is 22.4 Å². The Morgan fingerprint density at radius 2 is 1.88 bits per heavy atom. The molecule has 0 saturated heterocycles. The van der Waals surface area contributed by atoms with Gasteiger partial charge >= 0.3 is 6.55 Å². The number of rotatable bonds is 10. The van der Waals surface area contributed by atoms with E-state index in [1.165, 1.54) is 29.4 Å². The van der Waals surface area contributed by atoms with Gasteiger partial charge in [0.25, 0.3) is 5.91 Å². The lowest BCUT2D eigenvalue weighted by atomic mass is 9.90. The van der Waals surface area contributed by atoms with Crippen LogP contribution in [0.4, 0.5) is 8.78 Å². The number of hydrogen-bond acceptors (Lipinski definition) is 8. The lowest BCUT2D eigenvalue weighted by Gasteiger charge is -2.30. The van der Waals surface area contributed by atoms with Gasteiger partial charge in [0.05, 0.1) is 29.6 Å². The first-order valence-electron chi connectivity index (χ1n) is 12.8. The Bertz CT molecular complexity index is 1620. The highest BCUT2D eigenvalue weighted by molar-refractivity contribution is 7.95. The number of amides is 1. The Balaban J connectivity index is 1.44. The molecule has 4 aromatic rings. The molecule has 3 heterocycles. The zero-order valence-electron chi connectivity index (χ0n) is 23.3. The SMILES string of the molecule is COCC(c1ccc(Cl)c(-c2cn(SN(C)C)cn2)c1)N1C(=O)[C@@](C)(c2ccc(-c3cnn(C(F)F)c3)cc2)N=C1N. The summed E-state index contributed by atoms with van der Waals surface area (Å²) < 4.78 is 35.8. The first-order valence-corrected chi connectivity index (χ1v) is 13.9. The summed E-state index contributed by atoms with van der Waals surface area (Å²) in [4.78, 5) is 24.6. The molecule has 1 unspecified atom stereocenters. The summed E-state index contributed by atoms with van der Waals surface area (Å²) in [6.45, 7) is -0.887. The number of nitrogens with zero attached hydrogens (tertiary/aromatic N) is 7. The van der Waals surface area contributed by atoms with E-state index in [4.69, 9.17) is 22.1 Å². The molecule has 2 atom stereocenters. The number of hydrogen-bond donors (Lipinski definition) is 1. The maximum absolute atomic E-state index is 14.0. The third kappa shape index (κ3) is 5.64. The molecule has 2 aromatic heterocycles. The summed E-state index contributed by atoms with van der Waals surface area (Å²) in [5.74, 6) is -0.279. The van der Waals surface area contributed by atoms with Gasteiger partial charge in [-0.05, 0) is 49.8 Å². The van der Waals surface area contributed by atoms with Crippen molar-refractivity contribution in [3.63, 3.8) is 0 Å². The van der Waals surface area contributed by atoms with Crippen LogP contribution in [0.25, 0.3) is 22.4 Å². The topological polar surface area (TPSA) is 107 Å². The highest BCUT2D eigenvalue weighted by atomic mass is 35.5. The molecule has 5 rings (SSSR count). The van der Waals surface area contributed by atoms with Crippen LogP contribution < -0.4 is 5.73 Å². The van der Waals surface area contributed by atoms with Crippen molar-refractivity contribution in [2.75, 3.05) is 27.8 Å². The van der Waals surface area contributed by atoms with Gasteiger partial charge in [0.1, 0.15) is 6.33 Å². The molecular formula is C28H29ClF2N8O2S. The summed E-state index contributed by atoms with van der Waals surface area (Å²) in [5.41, 5.74) is 9.00. The van der Waals surface area contributed by atoms with Crippen LogP contribution >= 0.6 is 23.7 Å². The normalized spacial score (nSPS) is 17.9. The number of aliphatic imine (C=N–C) groups is 1. The first kappa shape index (κ1) is 29.7. The van der Waals surface area contributed by atoms with E-state index >= 15 is 0 Å². The molecule has 0 radical (unpaired) electrons. The smallest absolute Gasteiger partial charge is 0.333 e. The van der Waals surface area contributed by atoms with Crippen LogP contribution in [-0.4, -0.2) is 67.6 Å². The average Bonchev–Trinajstić information content (AvgIpc) is 3.67. The van der Waals surface area contributed by atoms with E-state index in [-0.39, 0.29) is 18.5 Å². The van der Waals surface area contributed by atoms with Crippen LogP contribution in [-0.2, 0) is 15.1 Å². The molecule has 42 heavy (non-hydrogen) atoms. The number of guanidine groups is 1. The maximum atomic E-state index is 14.0. The largest absolute Gasteiger partial charge is 0.382 e. The van der Waals surface area contributed by atoms with Crippen LogP contribution in [0.3, 0.4) is 0 Å². The molecule has 2 aromatic carbocycles. The molecule has 1 aliphatic rings. The predicted molar refractivity (Wildman–Crippen MR) is 159 cm³/mol. The van der Waals surface area contributed by atoms with E-state index in [1.54, 1.807) is 50.7 Å². The Labute approximate surface area is 251 Å². The van der Waals surface area contributed by atoms with Crippen molar-refractivity contribution in [3.05, 3.63) is 83.5 Å². The van der Waals surface area contributed by atoms with Gasteiger partial charge in [0.15, 0.2) is 11.5 Å². The number of aromatic nitrogens is 4. The predicted octanol–water partition coefficient (Wildman–Crippen LogP) is 5.19. The minimum absolute atomic E-state index is 0.0509. The van der Waals surface area contributed by atoms with Crippen molar-refractivity contribution in [1.82, 2.24) is 27.9 Å². The fourth-order valence-electron chi connectivity index (χ4n) is 4.84. The second-order valence-corrected chi connectivity index (χ2v) is 11.7. The summed E-state index contributed by atoms with van der Waals surface area (Å²) in [6.07, 6.45) is 6.20. The molecule has 0 spiro atoms. The van der Waals surface area contributed by atoms with E-state index in [9.17, 15) is 13.6 Å². The number of benzene rings is 2. The van der Waals surface area contributed by atoms with Gasteiger partial charge in [-0.3, -0.25) is 13.7 Å². The Hall–Kier alpha value is -3.78. The molecule has 1 amide bonds. The van der Waals surface area contributed by atoms with Gasteiger partial charge in [-0.1, -0.05) is 41.9 Å². The zero-order chi connectivity index (χ0) is 30.2. The van der Waals surface area contributed by atoms with Gasteiger partial charge in [0.2, 0.25) is 0 Å². The monoisotopic (exact) mass is 614 g/mol. The minimum atomic E-state index is -2.73. The van der Waals surface area contributed by atoms with Crippen LogP contribution in [0.2, 0.25) is 5.02 Å². The zero-order valence-corrected chi connectivity index (χ0v) is 24.9. The van der Waals surface area contributed by atoms with Crippen molar-refractivity contribution in [2.24, 2.45) is 10.7 Å². The van der Waals surface area contributed by atoms with Crippen LogP contribution in [0.15, 0.2) is 72.4 Å². The van der Waals surface area contributed by atoms with Gasteiger partial charge < -0.3 is 10.5 Å². The molecule has 1 aliphatic heterocycles. The van der Waals surface area contributed by atoms with Gasteiger partial charge in [-0.2, -0.15) is 13.9 Å². The third-order valence-electron chi connectivity index (χ3n) is 6.91. The van der Waals surface area contributed by atoms with Crippen molar-refractivity contribution in [1.29, 1.82) is 0 Å². The molecular weight excluding hydrogens is 586 g/mol. The number of ether oxygens (including phenoxy) is 1. The van der Waals surface area contributed by atoms with Crippen molar-refractivity contribution < 1.29 is 18.3 Å². The lowest BCUT2D eigenvalue weighted by Crippen LogP contribution is -2.45. The molecule has 0 bridgehead atoms.